The summed E-state index contributed by atoms with van der Waals surface area (Å²) in [5, 5.41) is 9.84. The highest BCUT2D eigenvalue weighted by Gasteiger charge is 2.19. The van der Waals surface area contributed by atoms with Crippen LogP contribution in [0, 0.1) is 0 Å². The molecule has 0 N–H and O–H groups in total. The lowest BCUT2D eigenvalue weighted by atomic mass is 9.95. The van der Waals surface area contributed by atoms with Crippen LogP contribution in [0.15, 0.2) is 192 Å². The molecule has 2 nitrogen and oxygen atoms in total. The minimum atomic E-state index is 0.910. The highest BCUT2D eigenvalue weighted by atomic mass is 16.3. The third-order valence-electron chi connectivity index (χ3n) is 10.0. The van der Waals surface area contributed by atoms with Gasteiger partial charge in [0.2, 0.25) is 0 Å². The summed E-state index contributed by atoms with van der Waals surface area (Å²) in [6.45, 7) is 0. The lowest BCUT2D eigenvalue weighted by Gasteiger charge is -2.28. The average molecular weight is 638 g/mol. The van der Waals surface area contributed by atoms with E-state index >= 15 is 0 Å². The zero-order valence-corrected chi connectivity index (χ0v) is 27.3. The molecule has 0 saturated heterocycles. The van der Waals surface area contributed by atoms with Crippen LogP contribution in [0.3, 0.4) is 0 Å². The molecule has 0 unspecified atom stereocenters. The summed E-state index contributed by atoms with van der Waals surface area (Å²) < 4.78 is 6.41. The average Bonchev–Trinajstić information content (AvgIpc) is 3.58. The van der Waals surface area contributed by atoms with Crippen LogP contribution in [0.5, 0.6) is 0 Å². The number of hydrogen-bond acceptors (Lipinski definition) is 2. The van der Waals surface area contributed by atoms with Crippen molar-refractivity contribution in [3.63, 3.8) is 0 Å². The van der Waals surface area contributed by atoms with E-state index < -0.39 is 0 Å². The van der Waals surface area contributed by atoms with Crippen molar-refractivity contribution in [2.75, 3.05) is 4.90 Å². The van der Waals surface area contributed by atoms with Crippen LogP contribution < -0.4 is 4.90 Å². The predicted octanol–water partition coefficient (Wildman–Crippen LogP) is 13.8. The van der Waals surface area contributed by atoms with Gasteiger partial charge in [-0.05, 0) is 79.8 Å². The Morgan fingerprint density at radius 1 is 0.360 bits per heavy atom. The summed E-state index contributed by atoms with van der Waals surface area (Å²) in [5.74, 6) is 0. The molecular weight excluding hydrogens is 607 g/mol. The van der Waals surface area contributed by atoms with Gasteiger partial charge in [0.25, 0.3) is 0 Å². The van der Waals surface area contributed by atoms with Crippen LogP contribution in [0.2, 0.25) is 0 Å². The fourth-order valence-corrected chi connectivity index (χ4v) is 7.68. The molecule has 0 aliphatic carbocycles. The first-order chi connectivity index (χ1) is 24.8. The molecule has 10 rings (SSSR count). The fourth-order valence-electron chi connectivity index (χ4n) is 7.68. The van der Waals surface area contributed by atoms with Gasteiger partial charge in [-0.2, -0.15) is 0 Å². The molecule has 0 bridgehead atoms. The van der Waals surface area contributed by atoms with Gasteiger partial charge in [0.05, 0.1) is 5.69 Å². The molecule has 234 valence electrons. The summed E-state index contributed by atoms with van der Waals surface area (Å²) in [7, 11) is 0. The number of furan rings is 1. The Morgan fingerprint density at radius 3 is 1.86 bits per heavy atom. The monoisotopic (exact) mass is 637 g/mol. The Labute approximate surface area is 290 Å². The van der Waals surface area contributed by atoms with Crippen LogP contribution in [0.25, 0.3) is 76.5 Å². The zero-order valence-electron chi connectivity index (χ0n) is 27.3. The molecule has 50 heavy (non-hydrogen) atoms. The minimum Gasteiger partial charge on any atom is -0.455 e. The van der Waals surface area contributed by atoms with Gasteiger partial charge in [-0.1, -0.05) is 152 Å². The normalized spacial score (nSPS) is 11.6. The van der Waals surface area contributed by atoms with E-state index in [0.717, 1.165) is 50.1 Å². The Balaban J connectivity index is 1.16. The molecule has 0 saturated carbocycles. The quantitative estimate of drug-likeness (QED) is 0.175. The number of fused-ring (bicyclic) bond motifs is 8. The number of anilines is 3. The third kappa shape index (κ3) is 4.57. The molecule has 0 aliphatic heterocycles. The Hall–Kier alpha value is -6.64. The van der Waals surface area contributed by atoms with Gasteiger partial charge >= 0.3 is 0 Å². The smallest absolute Gasteiger partial charge is 0.143 e. The molecule has 2 heteroatoms. The van der Waals surface area contributed by atoms with Crippen molar-refractivity contribution in [2.45, 2.75) is 0 Å². The van der Waals surface area contributed by atoms with Crippen LogP contribution in [-0.2, 0) is 0 Å². The minimum absolute atomic E-state index is 0.910. The van der Waals surface area contributed by atoms with E-state index in [9.17, 15) is 0 Å². The first-order valence-corrected chi connectivity index (χ1v) is 17.1. The molecular formula is C48H31NO. The van der Waals surface area contributed by atoms with Crippen molar-refractivity contribution in [3.05, 3.63) is 188 Å². The van der Waals surface area contributed by atoms with E-state index in [1.807, 2.05) is 12.1 Å². The van der Waals surface area contributed by atoms with Crippen molar-refractivity contribution in [3.8, 4) is 22.3 Å². The maximum atomic E-state index is 6.41. The summed E-state index contributed by atoms with van der Waals surface area (Å²) in [4.78, 5) is 2.39. The van der Waals surface area contributed by atoms with Gasteiger partial charge in [0, 0.05) is 33.3 Å². The molecule has 0 atom stereocenters. The number of benzene rings is 9. The molecule has 0 amide bonds. The second kappa shape index (κ2) is 11.5. The molecule has 0 radical (unpaired) electrons. The van der Waals surface area contributed by atoms with E-state index in [2.05, 4.69) is 181 Å². The molecule has 9 aromatic carbocycles. The standard InChI is InChI=1S/C48H31NO/c1-2-11-32(12-3-1)39-14-6-8-19-45(39)49(38-29-30-41-36(31-38)24-23-35-22-21-33-13-4-5-15-40(33)47(35)41)37-27-25-34(26-28-37)42-17-10-18-44-43-16-7-9-20-46(43)50-48(42)44/h1-31H. The molecule has 10 aromatic rings. The zero-order chi connectivity index (χ0) is 33.0. The number of hydrogen-bond donors (Lipinski definition) is 0. The van der Waals surface area contributed by atoms with Crippen LogP contribution in [0.1, 0.15) is 0 Å². The number of rotatable bonds is 5. The van der Waals surface area contributed by atoms with Gasteiger partial charge in [0.1, 0.15) is 11.2 Å². The Bertz CT molecular complexity index is 2870. The summed E-state index contributed by atoms with van der Waals surface area (Å²) >= 11 is 0. The van der Waals surface area contributed by atoms with E-state index in [-0.39, 0.29) is 0 Å². The SMILES string of the molecule is c1ccc(-c2ccccc2N(c2ccc(-c3cccc4c3oc3ccccc34)cc2)c2ccc3c(ccc4ccc5ccccc5c43)c2)cc1. The summed E-state index contributed by atoms with van der Waals surface area (Å²) in [5.41, 5.74) is 9.70. The Kier molecular flexibility index (Phi) is 6.53. The van der Waals surface area contributed by atoms with E-state index in [0.29, 0.717) is 0 Å². The first kappa shape index (κ1) is 28.4. The second-order valence-corrected chi connectivity index (χ2v) is 12.9. The molecule has 0 aliphatic rings. The second-order valence-electron chi connectivity index (χ2n) is 12.9. The van der Waals surface area contributed by atoms with Gasteiger partial charge in [-0.25, -0.2) is 0 Å². The van der Waals surface area contributed by atoms with E-state index in [1.165, 1.54) is 43.4 Å². The molecule has 1 heterocycles. The van der Waals surface area contributed by atoms with Crippen molar-refractivity contribution in [2.24, 2.45) is 0 Å². The largest absolute Gasteiger partial charge is 0.455 e. The lowest BCUT2D eigenvalue weighted by Crippen LogP contribution is -2.11. The highest BCUT2D eigenvalue weighted by Crippen LogP contribution is 2.44. The van der Waals surface area contributed by atoms with Crippen molar-refractivity contribution in [1.82, 2.24) is 0 Å². The van der Waals surface area contributed by atoms with Crippen LogP contribution in [-0.4, -0.2) is 0 Å². The van der Waals surface area contributed by atoms with Crippen molar-refractivity contribution >= 4 is 71.3 Å². The lowest BCUT2D eigenvalue weighted by molar-refractivity contribution is 0.670. The fraction of sp³-hybridized carbons (Fsp3) is 0. The molecule has 0 spiro atoms. The van der Waals surface area contributed by atoms with Crippen LogP contribution in [0.4, 0.5) is 17.1 Å². The van der Waals surface area contributed by atoms with Crippen molar-refractivity contribution < 1.29 is 4.42 Å². The summed E-state index contributed by atoms with van der Waals surface area (Å²) in [6, 6.07) is 67.5. The van der Waals surface area contributed by atoms with Gasteiger partial charge in [-0.3, -0.25) is 0 Å². The first-order valence-electron chi connectivity index (χ1n) is 17.1. The summed E-state index contributed by atoms with van der Waals surface area (Å²) in [6.07, 6.45) is 0. The number of nitrogens with zero attached hydrogens (tertiary/aromatic N) is 1. The van der Waals surface area contributed by atoms with Gasteiger partial charge < -0.3 is 9.32 Å². The topological polar surface area (TPSA) is 16.4 Å². The maximum Gasteiger partial charge on any atom is 0.143 e. The molecule has 0 fully saturated rings. The van der Waals surface area contributed by atoms with E-state index in [4.69, 9.17) is 4.42 Å². The van der Waals surface area contributed by atoms with Crippen molar-refractivity contribution in [1.29, 1.82) is 0 Å². The van der Waals surface area contributed by atoms with Gasteiger partial charge in [-0.15, -0.1) is 0 Å². The number of para-hydroxylation sites is 3. The Morgan fingerprint density at radius 2 is 0.980 bits per heavy atom. The van der Waals surface area contributed by atoms with Crippen LogP contribution >= 0.6 is 0 Å². The van der Waals surface area contributed by atoms with E-state index in [1.54, 1.807) is 0 Å². The van der Waals surface area contributed by atoms with Gasteiger partial charge in [0.15, 0.2) is 0 Å². The molecule has 1 aromatic heterocycles. The predicted molar refractivity (Wildman–Crippen MR) is 212 cm³/mol. The highest BCUT2D eigenvalue weighted by molar-refractivity contribution is 6.20. The maximum absolute atomic E-state index is 6.41. The third-order valence-corrected chi connectivity index (χ3v) is 10.0.